The van der Waals surface area contributed by atoms with Gasteiger partial charge in [0.05, 0.1) is 12.7 Å². The zero-order valence-electron chi connectivity index (χ0n) is 12.9. The molecule has 112 valence electrons. The molecule has 0 aromatic rings. The summed E-state index contributed by atoms with van der Waals surface area (Å²) in [5.74, 6) is -0.276. The summed E-state index contributed by atoms with van der Waals surface area (Å²) < 4.78 is 10.6. The van der Waals surface area contributed by atoms with Crippen molar-refractivity contribution in [2.24, 2.45) is 0 Å². The fraction of sp³-hybridized carbons (Fsp3) is 0.812. The molecule has 0 amide bonds. The molecular weight excluding hydrogens is 240 g/mol. The summed E-state index contributed by atoms with van der Waals surface area (Å²) in [6.45, 7) is 10.9. The van der Waals surface area contributed by atoms with Crippen molar-refractivity contribution in [3.05, 3.63) is 12.2 Å². The molecule has 0 heterocycles. The summed E-state index contributed by atoms with van der Waals surface area (Å²) in [4.78, 5) is 11.1. The van der Waals surface area contributed by atoms with Crippen molar-refractivity contribution in [1.29, 1.82) is 0 Å². The second-order valence-electron chi connectivity index (χ2n) is 5.13. The first-order valence-electron chi connectivity index (χ1n) is 7.52. The highest BCUT2D eigenvalue weighted by atomic mass is 16.5. The van der Waals surface area contributed by atoms with Gasteiger partial charge >= 0.3 is 5.97 Å². The average Bonchev–Trinajstić information content (AvgIpc) is 2.39. The van der Waals surface area contributed by atoms with Gasteiger partial charge in [-0.25, -0.2) is 4.79 Å². The molecule has 0 spiro atoms. The Morgan fingerprint density at radius 1 is 1.05 bits per heavy atom. The molecule has 0 aliphatic heterocycles. The lowest BCUT2D eigenvalue weighted by Gasteiger charge is -2.09. The predicted octanol–water partition coefficient (Wildman–Crippen LogP) is 4.26. The largest absolute Gasteiger partial charge is 0.462 e. The van der Waals surface area contributed by atoms with E-state index in [-0.39, 0.29) is 5.97 Å². The van der Waals surface area contributed by atoms with Crippen molar-refractivity contribution in [3.63, 3.8) is 0 Å². The van der Waals surface area contributed by atoms with E-state index in [0.29, 0.717) is 18.3 Å². The number of carbonyl (C=O) groups is 1. The van der Waals surface area contributed by atoms with Crippen molar-refractivity contribution in [2.45, 2.75) is 71.8 Å². The Balaban J connectivity index is 3.15. The van der Waals surface area contributed by atoms with Crippen molar-refractivity contribution in [2.75, 3.05) is 13.2 Å². The van der Waals surface area contributed by atoms with Gasteiger partial charge in [0.2, 0.25) is 0 Å². The van der Waals surface area contributed by atoms with E-state index >= 15 is 0 Å². The van der Waals surface area contributed by atoms with Crippen LogP contribution in [-0.4, -0.2) is 25.3 Å². The highest BCUT2D eigenvalue weighted by Crippen LogP contribution is 2.07. The molecular formula is C16H30O3. The van der Waals surface area contributed by atoms with Crippen LogP contribution in [0.15, 0.2) is 12.2 Å². The molecule has 0 aromatic carbocycles. The predicted molar refractivity (Wildman–Crippen MR) is 79.2 cm³/mol. The zero-order valence-corrected chi connectivity index (χ0v) is 12.9. The molecule has 0 saturated carbocycles. The van der Waals surface area contributed by atoms with E-state index in [4.69, 9.17) is 9.47 Å². The number of ether oxygens (including phenoxy) is 2. The van der Waals surface area contributed by atoms with Gasteiger partial charge in [0.25, 0.3) is 0 Å². The highest BCUT2D eigenvalue weighted by Gasteiger charge is 2.01. The van der Waals surface area contributed by atoms with Crippen LogP contribution in [0.2, 0.25) is 0 Å². The van der Waals surface area contributed by atoms with Crippen molar-refractivity contribution >= 4 is 5.97 Å². The summed E-state index contributed by atoms with van der Waals surface area (Å²) >= 11 is 0. The van der Waals surface area contributed by atoms with Crippen LogP contribution in [0.5, 0.6) is 0 Å². The minimum atomic E-state index is -0.276. The van der Waals surface area contributed by atoms with Crippen LogP contribution in [0.3, 0.4) is 0 Å². The van der Waals surface area contributed by atoms with Crippen LogP contribution in [-0.2, 0) is 14.3 Å². The molecule has 0 aliphatic rings. The average molecular weight is 270 g/mol. The minimum Gasteiger partial charge on any atom is -0.462 e. The third-order valence-electron chi connectivity index (χ3n) is 3.10. The Morgan fingerprint density at radius 2 is 1.58 bits per heavy atom. The van der Waals surface area contributed by atoms with Crippen molar-refractivity contribution in [1.82, 2.24) is 0 Å². The quantitative estimate of drug-likeness (QED) is 0.302. The van der Waals surface area contributed by atoms with Gasteiger partial charge < -0.3 is 9.47 Å². The molecule has 0 aromatic heterocycles. The van der Waals surface area contributed by atoms with E-state index in [1.54, 1.807) is 6.92 Å². The highest BCUT2D eigenvalue weighted by molar-refractivity contribution is 5.86. The second kappa shape index (κ2) is 12.2. The third kappa shape index (κ3) is 12.0. The summed E-state index contributed by atoms with van der Waals surface area (Å²) in [6.07, 6.45) is 8.35. The monoisotopic (exact) mass is 270 g/mol. The van der Waals surface area contributed by atoms with Gasteiger partial charge in [-0.05, 0) is 33.1 Å². The standard InChI is InChI=1S/C16H30O3/c1-5-15(4)18-12-10-8-6-7-9-11-13-19-16(17)14(2)3/h15H,2,5-13H2,1,3-4H3. The van der Waals surface area contributed by atoms with Crippen LogP contribution in [0.1, 0.15) is 65.7 Å². The molecule has 0 aliphatic carbocycles. The van der Waals surface area contributed by atoms with Crippen LogP contribution in [0, 0.1) is 0 Å². The molecule has 3 heteroatoms. The minimum absolute atomic E-state index is 0.276. The maximum absolute atomic E-state index is 11.1. The van der Waals surface area contributed by atoms with E-state index in [0.717, 1.165) is 32.3 Å². The molecule has 1 atom stereocenters. The Hall–Kier alpha value is -0.830. The van der Waals surface area contributed by atoms with E-state index < -0.39 is 0 Å². The Labute approximate surface area is 118 Å². The van der Waals surface area contributed by atoms with Gasteiger partial charge in [0, 0.05) is 12.2 Å². The molecule has 1 unspecified atom stereocenters. The lowest BCUT2D eigenvalue weighted by molar-refractivity contribution is -0.139. The van der Waals surface area contributed by atoms with Crippen LogP contribution >= 0.6 is 0 Å². The number of esters is 1. The summed E-state index contributed by atoms with van der Waals surface area (Å²) in [5.41, 5.74) is 0.473. The number of rotatable bonds is 12. The van der Waals surface area contributed by atoms with Gasteiger partial charge in [-0.2, -0.15) is 0 Å². The number of hydrogen-bond acceptors (Lipinski definition) is 3. The fourth-order valence-corrected chi connectivity index (χ4v) is 1.60. The second-order valence-corrected chi connectivity index (χ2v) is 5.13. The number of unbranched alkanes of at least 4 members (excludes halogenated alkanes) is 5. The number of carbonyl (C=O) groups excluding carboxylic acids is 1. The van der Waals surface area contributed by atoms with Crippen LogP contribution in [0.4, 0.5) is 0 Å². The molecule has 0 N–H and O–H groups in total. The van der Waals surface area contributed by atoms with E-state index in [1.807, 2.05) is 0 Å². The lowest BCUT2D eigenvalue weighted by Crippen LogP contribution is -2.07. The maximum Gasteiger partial charge on any atom is 0.333 e. The first-order valence-corrected chi connectivity index (χ1v) is 7.52. The van der Waals surface area contributed by atoms with E-state index in [9.17, 15) is 4.79 Å². The first kappa shape index (κ1) is 18.2. The Kier molecular flexibility index (Phi) is 11.7. The van der Waals surface area contributed by atoms with E-state index in [1.165, 1.54) is 19.3 Å². The lowest BCUT2D eigenvalue weighted by atomic mass is 10.1. The van der Waals surface area contributed by atoms with Gasteiger partial charge in [-0.3, -0.25) is 0 Å². The molecule has 0 rings (SSSR count). The van der Waals surface area contributed by atoms with Crippen molar-refractivity contribution in [3.8, 4) is 0 Å². The van der Waals surface area contributed by atoms with Gasteiger partial charge in [0.1, 0.15) is 0 Å². The SMILES string of the molecule is C=C(C)C(=O)OCCCCCCCCOC(C)CC. The zero-order chi connectivity index (χ0) is 14.5. The molecule has 0 saturated heterocycles. The van der Waals surface area contributed by atoms with Crippen LogP contribution < -0.4 is 0 Å². The van der Waals surface area contributed by atoms with Gasteiger partial charge in [0.15, 0.2) is 0 Å². The fourth-order valence-electron chi connectivity index (χ4n) is 1.60. The molecule has 0 bridgehead atoms. The van der Waals surface area contributed by atoms with Gasteiger partial charge in [-0.15, -0.1) is 0 Å². The van der Waals surface area contributed by atoms with Crippen molar-refractivity contribution < 1.29 is 14.3 Å². The normalized spacial score (nSPS) is 12.2. The maximum atomic E-state index is 11.1. The molecule has 0 fully saturated rings. The smallest absolute Gasteiger partial charge is 0.333 e. The van der Waals surface area contributed by atoms with E-state index in [2.05, 4.69) is 20.4 Å². The molecule has 3 nitrogen and oxygen atoms in total. The first-order chi connectivity index (χ1) is 9.07. The molecule has 19 heavy (non-hydrogen) atoms. The topological polar surface area (TPSA) is 35.5 Å². The summed E-state index contributed by atoms with van der Waals surface area (Å²) in [5, 5.41) is 0. The summed E-state index contributed by atoms with van der Waals surface area (Å²) in [7, 11) is 0. The molecule has 0 radical (unpaired) electrons. The summed E-state index contributed by atoms with van der Waals surface area (Å²) in [6, 6.07) is 0. The Morgan fingerprint density at radius 3 is 2.11 bits per heavy atom. The third-order valence-corrected chi connectivity index (χ3v) is 3.10. The number of hydrogen-bond donors (Lipinski definition) is 0. The van der Waals surface area contributed by atoms with Crippen LogP contribution in [0.25, 0.3) is 0 Å². The van der Waals surface area contributed by atoms with Gasteiger partial charge in [-0.1, -0.05) is 39.2 Å². The Bertz CT molecular complexity index is 248.